The highest BCUT2D eigenvalue weighted by molar-refractivity contribution is 7.12. The van der Waals surface area contributed by atoms with Crippen molar-refractivity contribution < 1.29 is 19.7 Å². The number of thiophene rings is 1. The number of carbonyl (C=O) groups excluding carboxylic acids is 1. The van der Waals surface area contributed by atoms with Crippen LogP contribution in [-0.4, -0.2) is 42.0 Å². The maximum absolute atomic E-state index is 12.0. The van der Waals surface area contributed by atoms with Gasteiger partial charge in [0.05, 0.1) is 25.9 Å². The van der Waals surface area contributed by atoms with Crippen molar-refractivity contribution in [2.45, 2.75) is 18.9 Å². The molecule has 0 aliphatic carbocycles. The molecule has 1 aromatic heterocycles. The summed E-state index contributed by atoms with van der Waals surface area (Å²) in [6.07, 6.45) is 0.444. The highest BCUT2D eigenvalue weighted by Crippen LogP contribution is 2.25. The Morgan fingerprint density at radius 2 is 2.18 bits per heavy atom. The van der Waals surface area contributed by atoms with Crippen molar-refractivity contribution in [3.05, 3.63) is 16.3 Å². The van der Waals surface area contributed by atoms with Gasteiger partial charge < -0.3 is 20.3 Å². The molecule has 0 bridgehead atoms. The van der Waals surface area contributed by atoms with E-state index < -0.39 is 5.54 Å². The lowest BCUT2D eigenvalue weighted by atomic mass is 9.98. The van der Waals surface area contributed by atoms with Crippen LogP contribution in [0.5, 0.6) is 5.75 Å². The first kappa shape index (κ1) is 14.0. The average Bonchev–Trinajstić information content (AvgIpc) is 2.84. The van der Waals surface area contributed by atoms with Crippen molar-refractivity contribution in [1.29, 1.82) is 0 Å². The Bertz CT molecular complexity index is 365. The summed E-state index contributed by atoms with van der Waals surface area (Å²) in [7, 11) is 1.49. The van der Waals surface area contributed by atoms with Crippen LogP contribution in [0.1, 0.15) is 23.0 Å². The molecule has 0 aromatic carbocycles. The molecule has 1 rings (SSSR count). The van der Waals surface area contributed by atoms with Crippen LogP contribution in [0.4, 0.5) is 0 Å². The Morgan fingerprint density at radius 1 is 1.53 bits per heavy atom. The molecule has 0 aliphatic rings. The van der Waals surface area contributed by atoms with Crippen LogP contribution in [0.3, 0.4) is 0 Å². The second-order valence-corrected chi connectivity index (χ2v) is 4.64. The first-order chi connectivity index (χ1) is 8.12. The second-order valence-electron chi connectivity index (χ2n) is 3.72. The number of ether oxygens (including phenoxy) is 1. The molecule has 1 aromatic rings. The lowest BCUT2D eigenvalue weighted by Crippen LogP contribution is -2.53. The summed E-state index contributed by atoms with van der Waals surface area (Å²) in [5, 5.41) is 22.9. The van der Waals surface area contributed by atoms with Crippen LogP contribution in [-0.2, 0) is 0 Å². The van der Waals surface area contributed by atoms with E-state index in [1.54, 1.807) is 18.4 Å². The highest BCUT2D eigenvalue weighted by atomic mass is 32.1. The molecule has 1 heterocycles. The zero-order valence-electron chi connectivity index (χ0n) is 9.90. The highest BCUT2D eigenvalue weighted by Gasteiger charge is 2.30. The molecule has 5 nitrogen and oxygen atoms in total. The summed E-state index contributed by atoms with van der Waals surface area (Å²) < 4.78 is 5.05. The summed E-state index contributed by atoms with van der Waals surface area (Å²) in [4.78, 5) is 12.4. The fraction of sp³-hybridized carbons (Fsp3) is 0.545. The zero-order valence-corrected chi connectivity index (χ0v) is 10.7. The number of hydrogen-bond donors (Lipinski definition) is 3. The zero-order chi connectivity index (χ0) is 12.9. The molecule has 0 unspecified atom stereocenters. The van der Waals surface area contributed by atoms with E-state index in [2.05, 4.69) is 5.32 Å². The van der Waals surface area contributed by atoms with Crippen LogP contribution in [0.25, 0.3) is 0 Å². The fourth-order valence-electron chi connectivity index (χ4n) is 1.36. The standard InChI is InChI=1S/C11H17NO4S/c1-3-11(6-13,7-14)12-10(15)9-8(16-2)4-5-17-9/h4-5,13-14H,3,6-7H2,1-2H3,(H,12,15). The van der Waals surface area contributed by atoms with Gasteiger partial charge in [0.2, 0.25) is 0 Å². The summed E-state index contributed by atoms with van der Waals surface area (Å²) >= 11 is 1.25. The summed E-state index contributed by atoms with van der Waals surface area (Å²) in [6.45, 7) is 1.18. The third-order valence-electron chi connectivity index (χ3n) is 2.72. The first-order valence-corrected chi connectivity index (χ1v) is 6.16. The number of amides is 1. The van der Waals surface area contributed by atoms with Gasteiger partial charge in [0.15, 0.2) is 0 Å². The number of hydrogen-bond acceptors (Lipinski definition) is 5. The molecular formula is C11H17NO4S. The lowest BCUT2D eigenvalue weighted by molar-refractivity contribution is 0.0654. The van der Waals surface area contributed by atoms with Crippen molar-refractivity contribution in [3.8, 4) is 5.75 Å². The number of carbonyl (C=O) groups is 1. The predicted molar refractivity (Wildman–Crippen MR) is 65.5 cm³/mol. The van der Waals surface area contributed by atoms with Gasteiger partial charge in [0, 0.05) is 0 Å². The molecule has 1 amide bonds. The van der Waals surface area contributed by atoms with Crippen LogP contribution in [0.15, 0.2) is 11.4 Å². The van der Waals surface area contributed by atoms with Crippen molar-refractivity contribution in [1.82, 2.24) is 5.32 Å². The van der Waals surface area contributed by atoms with Gasteiger partial charge in [-0.25, -0.2) is 0 Å². The van der Waals surface area contributed by atoms with Gasteiger partial charge in [-0.3, -0.25) is 4.79 Å². The van der Waals surface area contributed by atoms with E-state index in [1.807, 2.05) is 0 Å². The largest absolute Gasteiger partial charge is 0.495 e. The number of nitrogens with one attached hydrogen (secondary N) is 1. The van der Waals surface area contributed by atoms with E-state index in [9.17, 15) is 15.0 Å². The molecule has 0 saturated carbocycles. The molecule has 96 valence electrons. The van der Waals surface area contributed by atoms with Gasteiger partial charge in [0.1, 0.15) is 10.6 Å². The van der Waals surface area contributed by atoms with Crippen LogP contribution in [0, 0.1) is 0 Å². The molecule has 0 fully saturated rings. The molecule has 6 heteroatoms. The van der Waals surface area contributed by atoms with Crippen LogP contribution >= 0.6 is 11.3 Å². The Labute approximate surface area is 104 Å². The maximum Gasteiger partial charge on any atom is 0.265 e. The van der Waals surface area contributed by atoms with Crippen LogP contribution in [0.2, 0.25) is 0 Å². The van der Waals surface area contributed by atoms with E-state index in [-0.39, 0.29) is 19.1 Å². The normalized spacial score (nSPS) is 11.3. The quantitative estimate of drug-likeness (QED) is 0.700. The van der Waals surface area contributed by atoms with Crippen molar-refractivity contribution >= 4 is 17.2 Å². The maximum atomic E-state index is 12.0. The number of methoxy groups -OCH3 is 1. The van der Waals surface area contributed by atoms with Gasteiger partial charge in [0.25, 0.3) is 5.91 Å². The van der Waals surface area contributed by atoms with Crippen molar-refractivity contribution in [2.24, 2.45) is 0 Å². The van der Waals surface area contributed by atoms with E-state index in [0.29, 0.717) is 17.0 Å². The lowest BCUT2D eigenvalue weighted by Gasteiger charge is -2.29. The Hall–Kier alpha value is -1.11. The topological polar surface area (TPSA) is 78.8 Å². The van der Waals surface area contributed by atoms with Gasteiger partial charge in [-0.05, 0) is 17.9 Å². The molecule has 0 saturated heterocycles. The third kappa shape index (κ3) is 2.96. The minimum atomic E-state index is -0.980. The number of aliphatic hydroxyl groups excluding tert-OH is 2. The first-order valence-electron chi connectivity index (χ1n) is 5.28. The van der Waals surface area contributed by atoms with Gasteiger partial charge >= 0.3 is 0 Å². The van der Waals surface area contributed by atoms with E-state index >= 15 is 0 Å². The van der Waals surface area contributed by atoms with Gasteiger partial charge in [-0.15, -0.1) is 11.3 Å². The number of rotatable bonds is 6. The van der Waals surface area contributed by atoms with Crippen LogP contribution < -0.4 is 10.1 Å². The van der Waals surface area contributed by atoms with E-state index in [0.717, 1.165) is 0 Å². The summed E-state index contributed by atoms with van der Waals surface area (Å²) in [5.41, 5.74) is -0.980. The summed E-state index contributed by atoms with van der Waals surface area (Å²) in [6, 6.07) is 1.70. The monoisotopic (exact) mass is 259 g/mol. The minimum absolute atomic E-state index is 0.306. The molecule has 0 aliphatic heterocycles. The third-order valence-corrected chi connectivity index (χ3v) is 3.61. The van der Waals surface area contributed by atoms with Crippen molar-refractivity contribution in [3.63, 3.8) is 0 Å². The van der Waals surface area contributed by atoms with Gasteiger partial charge in [-0.2, -0.15) is 0 Å². The molecule has 0 spiro atoms. The molecule has 3 N–H and O–H groups in total. The summed E-state index contributed by atoms with van der Waals surface area (Å²) in [5.74, 6) is 0.148. The van der Waals surface area contributed by atoms with E-state index in [1.165, 1.54) is 18.4 Å². The van der Waals surface area contributed by atoms with E-state index in [4.69, 9.17) is 4.74 Å². The molecule has 0 radical (unpaired) electrons. The predicted octanol–water partition coefficient (Wildman–Crippen LogP) is 0.620. The minimum Gasteiger partial charge on any atom is -0.495 e. The Kier molecular flexibility index (Phi) is 4.92. The Morgan fingerprint density at radius 3 is 2.65 bits per heavy atom. The molecule has 0 atom stereocenters. The molecular weight excluding hydrogens is 242 g/mol. The Balaban J connectivity index is 2.84. The fourth-order valence-corrected chi connectivity index (χ4v) is 2.12. The second kappa shape index (κ2) is 6.00. The average molecular weight is 259 g/mol. The van der Waals surface area contributed by atoms with Gasteiger partial charge in [-0.1, -0.05) is 6.92 Å². The van der Waals surface area contributed by atoms with Crippen molar-refractivity contribution in [2.75, 3.05) is 20.3 Å². The smallest absolute Gasteiger partial charge is 0.265 e. The SMILES string of the molecule is CCC(CO)(CO)NC(=O)c1sccc1OC. The molecule has 17 heavy (non-hydrogen) atoms. The number of aliphatic hydroxyl groups is 2.